The highest BCUT2D eigenvalue weighted by Crippen LogP contribution is 2.26. The van der Waals surface area contributed by atoms with Gasteiger partial charge in [-0.15, -0.1) is 0 Å². The van der Waals surface area contributed by atoms with E-state index in [1.807, 2.05) is 0 Å². The first-order valence-electron chi connectivity index (χ1n) is 4.35. The van der Waals surface area contributed by atoms with Gasteiger partial charge >= 0.3 is 5.97 Å². The highest BCUT2D eigenvalue weighted by Gasteiger charge is 2.08. The fourth-order valence-corrected chi connectivity index (χ4v) is 1.61. The molecule has 0 saturated carbocycles. The molecule has 0 fully saturated rings. The van der Waals surface area contributed by atoms with Gasteiger partial charge in [-0.2, -0.15) is 0 Å². The molecular weight excluding hydrogens is 214 g/mol. The van der Waals surface area contributed by atoms with E-state index in [9.17, 15) is 9.59 Å². The lowest BCUT2D eigenvalue weighted by Gasteiger charge is -2.05. The van der Waals surface area contributed by atoms with Crippen LogP contribution in [0.5, 0.6) is 5.75 Å². The largest absolute Gasteiger partial charge is 0.424 e. The molecule has 1 aromatic heterocycles. The van der Waals surface area contributed by atoms with Gasteiger partial charge in [0, 0.05) is 13.1 Å². The first-order valence-corrected chi connectivity index (χ1v) is 5.34. The van der Waals surface area contributed by atoms with Gasteiger partial charge in [0.25, 0.3) is 0 Å². The smallest absolute Gasteiger partial charge is 0.308 e. The Morgan fingerprint density at radius 3 is 2.80 bits per heavy atom. The third-order valence-electron chi connectivity index (χ3n) is 1.40. The fraction of sp³-hybridized carbons (Fsp3) is 0.300. The van der Waals surface area contributed by atoms with E-state index in [1.165, 1.54) is 25.6 Å². The molecule has 5 heteroatoms. The Morgan fingerprint density at radius 2 is 2.20 bits per heavy atom. The second-order valence-corrected chi connectivity index (χ2v) is 3.86. The van der Waals surface area contributed by atoms with E-state index >= 15 is 0 Å². The predicted molar refractivity (Wildman–Crippen MR) is 57.0 cm³/mol. The third-order valence-corrected chi connectivity index (χ3v) is 2.53. The van der Waals surface area contributed by atoms with Crippen molar-refractivity contribution in [2.24, 2.45) is 0 Å². The van der Waals surface area contributed by atoms with Crippen molar-refractivity contribution in [1.29, 1.82) is 0 Å². The standard InChI is InChI=1S/C10H11NO3S/c1-7(12)6-15-10-9(14-8(2)13)4-3-5-11-10/h3-5H,6H2,1-2H3. The molecule has 0 aliphatic carbocycles. The Balaban J connectivity index is 2.76. The van der Waals surface area contributed by atoms with E-state index in [2.05, 4.69) is 4.98 Å². The van der Waals surface area contributed by atoms with E-state index in [1.54, 1.807) is 18.3 Å². The molecule has 0 radical (unpaired) electrons. The van der Waals surface area contributed by atoms with Gasteiger partial charge in [0.1, 0.15) is 10.8 Å². The lowest BCUT2D eigenvalue weighted by molar-refractivity contribution is -0.132. The summed E-state index contributed by atoms with van der Waals surface area (Å²) in [6, 6.07) is 3.33. The summed E-state index contributed by atoms with van der Waals surface area (Å²) in [5.74, 6) is 0.383. The number of hydrogen-bond donors (Lipinski definition) is 0. The number of thioether (sulfide) groups is 1. The van der Waals surface area contributed by atoms with Crippen LogP contribution in [0.15, 0.2) is 23.4 Å². The Labute approximate surface area is 92.0 Å². The van der Waals surface area contributed by atoms with E-state index in [4.69, 9.17) is 4.74 Å². The van der Waals surface area contributed by atoms with Crippen LogP contribution >= 0.6 is 11.8 Å². The summed E-state index contributed by atoms with van der Waals surface area (Å²) < 4.78 is 4.94. The molecule has 0 atom stereocenters. The van der Waals surface area contributed by atoms with Gasteiger partial charge in [-0.25, -0.2) is 4.98 Å². The van der Waals surface area contributed by atoms with Gasteiger partial charge in [0.15, 0.2) is 5.75 Å². The minimum atomic E-state index is -0.396. The predicted octanol–water partition coefficient (Wildman–Crippen LogP) is 1.69. The third kappa shape index (κ3) is 4.12. The molecule has 80 valence electrons. The molecule has 0 unspecified atom stereocenters. The second kappa shape index (κ2) is 5.50. The SMILES string of the molecule is CC(=O)CSc1ncccc1OC(C)=O. The number of esters is 1. The van der Waals surface area contributed by atoms with Gasteiger partial charge in [-0.1, -0.05) is 11.8 Å². The number of carbonyl (C=O) groups is 2. The zero-order valence-corrected chi connectivity index (χ0v) is 9.34. The van der Waals surface area contributed by atoms with E-state index in [0.717, 1.165) is 0 Å². The summed E-state index contributed by atoms with van der Waals surface area (Å²) in [4.78, 5) is 25.6. The molecule has 0 bridgehead atoms. The lowest BCUT2D eigenvalue weighted by Crippen LogP contribution is -2.03. The highest BCUT2D eigenvalue weighted by molar-refractivity contribution is 8.00. The Kier molecular flexibility index (Phi) is 4.30. The van der Waals surface area contributed by atoms with Crippen LogP contribution in [0.25, 0.3) is 0 Å². The van der Waals surface area contributed by atoms with Crippen molar-refractivity contribution in [1.82, 2.24) is 4.98 Å². The fourth-order valence-electron chi connectivity index (χ4n) is 0.887. The van der Waals surface area contributed by atoms with Crippen LogP contribution in [0.3, 0.4) is 0 Å². The maximum atomic E-state index is 10.8. The zero-order valence-electron chi connectivity index (χ0n) is 8.52. The number of ketones is 1. The van der Waals surface area contributed by atoms with Gasteiger partial charge in [0.05, 0.1) is 5.75 Å². The minimum absolute atomic E-state index is 0.0550. The van der Waals surface area contributed by atoms with E-state index in [0.29, 0.717) is 16.5 Å². The molecule has 15 heavy (non-hydrogen) atoms. The molecule has 1 aromatic rings. The number of nitrogens with zero attached hydrogens (tertiary/aromatic N) is 1. The van der Waals surface area contributed by atoms with E-state index < -0.39 is 5.97 Å². The molecule has 1 rings (SSSR count). The first kappa shape index (κ1) is 11.7. The second-order valence-electron chi connectivity index (χ2n) is 2.89. The molecule has 0 spiro atoms. The van der Waals surface area contributed by atoms with Crippen molar-refractivity contribution in [3.05, 3.63) is 18.3 Å². The number of hydrogen-bond acceptors (Lipinski definition) is 5. The van der Waals surface area contributed by atoms with Crippen LogP contribution in [0, 0.1) is 0 Å². The molecule has 0 aromatic carbocycles. The zero-order chi connectivity index (χ0) is 11.3. The summed E-state index contributed by atoms with van der Waals surface area (Å²) in [7, 11) is 0. The van der Waals surface area contributed by atoms with Gasteiger partial charge in [0.2, 0.25) is 0 Å². The van der Waals surface area contributed by atoms with Crippen LogP contribution in [-0.2, 0) is 9.59 Å². The Bertz CT molecular complexity index is 379. The molecule has 0 N–H and O–H groups in total. The molecule has 0 aliphatic heterocycles. The van der Waals surface area contributed by atoms with Crippen molar-refractivity contribution >= 4 is 23.5 Å². The maximum absolute atomic E-state index is 10.8. The number of ether oxygens (including phenoxy) is 1. The van der Waals surface area contributed by atoms with Crippen LogP contribution in [0.4, 0.5) is 0 Å². The monoisotopic (exact) mass is 225 g/mol. The molecular formula is C10H11NO3S. The quantitative estimate of drug-likeness (QED) is 0.576. The summed E-state index contributed by atoms with van der Waals surface area (Å²) in [5.41, 5.74) is 0. The average Bonchev–Trinajstić information content (AvgIpc) is 2.15. The van der Waals surface area contributed by atoms with Crippen molar-refractivity contribution in [2.45, 2.75) is 18.9 Å². The molecule has 0 aliphatic rings. The normalized spacial score (nSPS) is 9.73. The highest BCUT2D eigenvalue weighted by atomic mass is 32.2. The molecule has 4 nitrogen and oxygen atoms in total. The molecule has 0 saturated heterocycles. The van der Waals surface area contributed by atoms with Crippen LogP contribution in [0.1, 0.15) is 13.8 Å². The first-order chi connectivity index (χ1) is 7.09. The Morgan fingerprint density at radius 1 is 1.47 bits per heavy atom. The topological polar surface area (TPSA) is 56.3 Å². The maximum Gasteiger partial charge on any atom is 0.308 e. The number of carbonyl (C=O) groups excluding carboxylic acids is 2. The van der Waals surface area contributed by atoms with Gasteiger partial charge in [-0.3, -0.25) is 9.59 Å². The lowest BCUT2D eigenvalue weighted by atomic mass is 10.5. The molecule has 1 heterocycles. The van der Waals surface area contributed by atoms with Gasteiger partial charge < -0.3 is 4.74 Å². The van der Waals surface area contributed by atoms with Crippen molar-refractivity contribution < 1.29 is 14.3 Å². The van der Waals surface area contributed by atoms with Crippen LogP contribution < -0.4 is 4.74 Å². The van der Waals surface area contributed by atoms with Crippen LogP contribution in [-0.4, -0.2) is 22.5 Å². The number of Topliss-reactive ketones (excluding diaryl/α,β-unsaturated/α-hetero) is 1. The van der Waals surface area contributed by atoms with Crippen molar-refractivity contribution in [3.8, 4) is 5.75 Å². The van der Waals surface area contributed by atoms with Gasteiger partial charge in [-0.05, 0) is 19.1 Å². The van der Waals surface area contributed by atoms with E-state index in [-0.39, 0.29) is 5.78 Å². The minimum Gasteiger partial charge on any atom is -0.424 e. The number of aromatic nitrogens is 1. The summed E-state index contributed by atoms with van der Waals surface area (Å²) >= 11 is 1.26. The summed E-state index contributed by atoms with van der Waals surface area (Å²) in [6.45, 7) is 2.83. The van der Waals surface area contributed by atoms with Crippen molar-refractivity contribution in [3.63, 3.8) is 0 Å². The summed E-state index contributed by atoms with van der Waals surface area (Å²) in [6.07, 6.45) is 1.59. The summed E-state index contributed by atoms with van der Waals surface area (Å²) in [5, 5.41) is 0.558. The molecule has 0 amide bonds. The van der Waals surface area contributed by atoms with Crippen molar-refractivity contribution in [2.75, 3.05) is 5.75 Å². The average molecular weight is 225 g/mol. The number of pyridine rings is 1. The Hall–Kier alpha value is -1.36. The van der Waals surface area contributed by atoms with Crippen LogP contribution in [0.2, 0.25) is 0 Å². The number of rotatable bonds is 4.